The van der Waals surface area contributed by atoms with E-state index < -0.39 is 54.5 Å². The third-order valence-corrected chi connectivity index (χ3v) is 5.42. The Hall–Kier alpha value is -3.65. The fourth-order valence-corrected chi connectivity index (χ4v) is 3.90. The van der Waals surface area contributed by atoms with Gasteiger partial charge in [-0.2, -0.15) is 5.10 Å². The molecule has 1 aliphatic rings. The van der Waals surface area contributed by atoms with Gasteiger partial charge in [-0.15, -0.1) is 0 Å². The van der Waals surface area contributed by atoms with Crippen LogP contribution in [0, 0.1) is 0 Å². The van der Waals surface area contributed by atoms with Crippen molar-refractivity contribution >= 4 is 29.7 Å². The minimum atomic E-state index is -1.50. The second kappa shape index (κ2) is 11.8. The lowest BCUT2D eigenvalue weighted by Gasteiger charge is -2.27. The van der Waals surface area contributed by atoms with Crippen LogP contribution < -0.4 is 5.32 Å². The number of ether oxygens (including phenoxy) is 6. The highest BCUT2D eigenvalue weighted by molar-refractivity contribution is 5.88. The number of amides is 1. The molecule has 0 radical (unpaired) electrons. The Morgan fingerprint density at radius 3 is 2.32 bits per heavy atom. The van der Waals surface area contributed by atoms with Gasteiger partial charge in [0.2, 0.25) is 0 Å². The van der Waals surface area contributed by atoms with Crippen LogP contribution in [-0.4, -0.2) is 81.3 Å². The van der Waals surface area contributed by atoms with Gasteiger partial charge in [0.05, 0.1) is 24.0 Å². The maximum Gasteiger partial charge on any atom is 0.508 e. The SMILES string of the molecule is CC(C)OC(=O)Nc1ncnn2c([C@]3(C)O[C@H](COC(=O)OC(C)C)[C@@H](OC(=O)OC(C)C)[C@H]3O)ccc12. The third-order valence-electron chi connectivity index (χ3n) is 5.42. The Bertz CT molecular complexity index is 1150. The van der Waals surface area contributed by atoms with Gasteiger partial charge >= 0.3 is 18.4 Å². The lowest BCUT2D eigenvalue weighted by molar-refractivity contribution is -0.0953. The van der Waals surface area contributed by atoms with Gasteiger partial charge in [-0.1, -0.05) is 0 Å². The van der Waals surface area contributed by atoms with Gasteiger partial charge in [0.15, 0.2) is 11.9 Å². The number of rotatable bonds is 8. The summed E-state index contributed by atoms with van der Waals surface area (Å²) in [7, 11) is 0. The van der Waals surface area contributed by atoms with Crippen molar-refractivity contribution in [2.24, 2.45) is 0 Å². The summed E-state index contributed by atoms with van der Waals surface area (Å²) < 4.78 is 33.3. The third kappa shape index (κ3) is 6.61. The highest BCUT2D eigenvalue weighted by Gasteiger charge is 2.56. The summed E-state index contributed by atoms with van der Waals surface area (Å²) in [5.74, 6) is 0.164. The molecule has 210 valence electrons. The Morgan fingerprint density at radius 1 is 1.05 bits per heavy atom. The second-order valence-electron chi connectivity index (χ2n) is 9.64. The normalized spacial score (nSPS) is 23.1. The molecule has 3 rings (SSSR count). The average Bonchev–Trinajstić information content (AvgIpc) is 3.33. The number of fused-ring (bicyclic) bond motifs is 1. The number of aliphatic hydroxyl groups excluding tert-OH is 1. The molecule has 0 unspecified atom stereocenters. The summed E-state index contributed by atoms with van der Waals surface area (Å²) in [5.41, 5.74) is -0.771. The van der Waals surface area contributed by atoms with Crippen LogP contribution in [0.15, 0.2) is 18.5 Å². The van der Waals surface area contributed by atoms with E-state index in [1.165, 1.54) is 10.8 Å². The summed E-state index contributed by atoms with van der Waals surface area (Å²) in [6.45, 7) is 11.2. The first kappa shape index (κ1) is 28.9. The first-order valence-electron chi connectivity index (χ1n) is 12.2. The quantitative estimate of drug-likeness (QED) is 0.372. The number of carbonyl (C=O) groups excluding carboxylic acids is 3. The number of anilines is 1. The number of aromatic nitrogens is 3. The van der Waals surface area contributed by atoms with E-state index in [0.717, 1.165) is 0 Å². The van der Waals surface area contributed by atoms with Crippen molar-refractivity contribution in [3.63, 3.8) is 0 Å². The summed E-state index contributed by atoms with van der Waals surface area (Å²) in [5, 5.41) is 18.1. The van der Waals surface area contributed by atoms with Crippen LogP contribution >= 0.6 is 0 Å². The highest BCUT2D eigenvalue weighted by Crippen LogP contribution is 2.42. The van der Waals surface area contributed by atoms with Crippen molar-refractivity contribution in [2.45, 2.75) is 90.7 Å². The molecule has 4 atom stereocenters. The van der Waals surface area contributed by atoms with Crippen molar-refractivity contribution in [2.75, 3.05) is 11.9 Å². The maximum atomic E-state index is 12.3. The van der Waals surface area contributed by atoms with Crippen molar-refractivity contribution < 1.29 is 47.9 Å². The van der Waals surface area contributed by atoms with Crippen molar-refractivity contribution in [1.29, 1.82) is 0 Å². The molecule has 3 heterocycles. The Balaban J connectivity index is 1.91. The van der Waals surface area contributed by atoms with Gasteiger partial charge in [0.25, 0.3) is 0 Å². The van der Waals surface area contributed by atoms with E-state index >= 15 is 0 Å². The van der Waals surface area contributed by atoms with Crippen molar-refractivity contribution in [3.8, 4) is 0 Å². The van der Waals surface area contributed by atoms with Crippen LogP contribution in [0.25, 0.3) is 5.52 Å². The molecule has 2 aromatic rings. The van der Waals surface area contributed by atoms with E-state index in [9.17, 15) is 19.5 Å². The summed E-state index contributed by atoms with van der Waals surface area (Å²) in [6, 6.07) is 3.24. The van der Waals surface area contributed by atoms with Crippen LogP contribution in [0.3, 0.4) is 0 Å². The van der Waals surface area contributed by atoms with Gasteiger partial charge in [-0.25, -0.2) is 23.9 Å². The molecule has 0 aromatic carbocycles. The number of aliphatic hydroxyl groups is 1. The van der Waals surface area contributed by atoms with Crippen molar-refractivity contribution in [1.82, 2.24) is 14.6 Å². The molecular weight excluding hydrogens is 504 g/mol. The van der Waals surface area contributed by atoms with Gasteiger partial charge in [-0.05, 0) is 60.6 Å². The standard InChI is InChI=1S/C24H34N4O10/c1-12(2)34-21(30)27-20-15-8-9-17(28(15)26-11-25-20)24(7)19(29)18(37-23(32)36-14(5)6)16(38-24)10-33-22(31)35-13(3)4/h8-9,11-14,16,18-19,29H,10H2,1-7H3,(H,25,26,27,30)/t16-,18-,19-,24+/m1/s1. The molecule has 14 nitrogen and oxygen atoms in total. The van der Waals surface area contributed by atoms with E-state index in [1.807, 2.05) is 0 Å². The molecule has 1 aliphatic heterocycles. The lowest BCUT2D eigenvalue weighted by Crippen LogP contribution is -2.42. The molecule has 2 N–H and O–H groups in total. The topological polar surface area (TPSA) is 169 Å². The first-order valence-corrected chi connectivity index (χ1v) is 12.2. The van der Waals surface area contributed by atoms with Gasteiger partial charge in [0, 0.05) is 0 Å². The molecule has 14 heteroatoms. The molecule has 2 aromatic heterocycles. The first-order chi connectivity index (χ1) is 17.8. The highest BCUT2D eigenvalue weighted by atomic mass is 16.8. The zero-order valence-electron chi connectivity index (χ0n) is 22.4. The predicted molar refractivity (Wildman–Crippen MR) is 131 cm³/mol. The molecule has 0 spiro atoms. The van der Waals surface area contributed by atoms with Crippen LogP contribution in [-0.2, 0) is 34.0 Å². The Morgan fingerprint density at radius 2 is 1.68 bits per heavy atom. The molecule has 0 saturated carbocycles. The van der Waals surface area contributed by atoms with Crippen LogP contribution in [0.2, 0.25) is 0 Å². The van der Waals surface area contributed by atoms with E-state index in [0.29, 0.717) is 11.2 Å². The number of carbonyl (C=O) groups is 3. The minimum absolute atomic E-state index is 0.164. The molecule has 0 bridgehead atoms. The van der Waals surface area contributed by atoms with Crippen LogP contribution in [0.4, 0.5) is 20.2 Å². The van der Waals surface area contributed by atoms with Crippen molar-refractivity contribution in [3.05, 3.63) is 24.2 Å². The van der Waals surface area contributed by atoms with Gasteiger partial charge < -0.3 is 33.5 Å². The predicted octanol–water partition coefficient (Wildman–Crippen LogP) is 3.15. The molecule has 1 fully saturated rings. The van der Waals surface area contributed by atoms with Crippen LogP contribution in [0.1, 0.15) is 54.2 Å². The molecule has 0 aliphatic carbocycles. The molecule has 38 heavy (non-hydrogen) atoms. The monoisotopic (exact) mass is 538 g/mol. The maximum absolute atomic E-state index is 12.3. The van der Waals surface area contributed by atoms with E-state index in [-0.39, 0.29) is 18.5 Å². The number of hydrogen-bond acceptors (Lipinski definition) is 12. The smallest absolute Gasteiger partial charge is 0.447 e. The zero-order chi connectivity index (χ0) is 28.2. The summed E-state index contributed by atoms with van der Waals surface area (Å²) in [6.07, 6.45) is -6.47. The van der Waals surface area contributed by atoms with E-state index in [2.05, 4.69) is 15.4 Å². The fraction of sp³-hybridized carbons (Fsp3) is 0.625. The second-order valence-corrected chi connectivity index (χ2v) is 9.64. The Labute approximate surface area is 219 Å². The van der Waals surface area contributed by atoms with Crippen LogP contribution in [0.5, 0.6) is 0 Å². The molecule has 1 saturated heterocycles. The largest absolute Gasteiger partial charge is 0.508 e. The fourth-order valence-electron chi connectivity index (χ4n) is 3.90. The lowest BCUT2D eigenvalue weighted by atomic mass is 9.93. The van der Waals surface area contributed by atoms with E-state index in [1.54, 1.807) is 60.6 Å². The Kier molecular flexibility index (Phi) is 8.99. The summed E-state index contributed by atoms with van der Waals surface area (Å²) in [4.78, 5) is 40.5. The number of hydrogen-bond donors (Lipinski definition) is 2. The zero-order valence-corrected chi connectivity index (χ0v) is 22.4. The minimum Gasteiger partial charge on any atom is -0.447 e. The van der Waals surface area contributed by atoms with Gasteiger partial charge in [-0.3, -0.25) is 5.32 Å². The number of nitrogens with zero attached hydrogens (tertiary/aromatic N) is 3. The summed E-state index contributed by atoms with van der Waals surface area (Å²) >= 11 is 0. The number of nitrogens with one attached hydrogen (secondary N) is 1. The molecule has 1 amide bonds. The van der Waals surface area contributed by atoms with E-state index in [4.69, 9.17) is 28.4 Å². The van der Waals surface area contributed by atoms with Gasteiger partial charge in [0.1, 0.15) is 36.3 Å². The average molecular weight is 539 g/mol. The molecular formula is C24H34N4O10.